The fourth-order valence-electron chi connectivity index (χ4n) is 4.01. The molecule has 4 rings (SSSR count). The van der Waals surface area contributed by atoms with E-state index in [9.17, 15) is 15.0 Å². The Morgan fingerprint density at radius 2 is 1.97 bits per heavy atom. The number of β-amino-alcohol motifs (C(OH)–C–C–N with tert-alkyl or cyclic N) is 1. The lowest BCUT2D eigenvalue weighted by Crippen LogP contribution is -2.37. The third-order valence-corrected chi connectivity index (χ3v) is 5.68. The van der Waals surface area contributed by atoms with E-state index in [2.05, 4.69) is 22.3 Å². The van der Waals surface area contributed by atoms with Crippen LogP contribution in [0.1, 0.15) is 12.0 Å². The number of aromatic hydroxyl groups is 1. The molecule has 0 aromatic heterocycles. The zero-order valence-corrected chi connectivity index (χ0v) is 17.7. The number of nitrogens with zero attached hydrogens (tertiary/aromatic N) is 1. The Bertz CT molecular complexity index is 1080. The minimum Gasteiger partial charge on any atom is -0.508 e. The van der Waals surface area contributed by atoms with Crippen LogP contribution in [0, 0.1) is 6.92 Å². The summed E-state index contributed by atoms with van der Waals surface area (Å²) < 4.78 is 6.10. The van der Waals surface area contributed by atoms with Crippen molar-refractivity contribution in [3.63, 3.8) is 0 Å². The van der Waals surface area contributed by atoms with Gasteiger partial charge in [-0.1, -0.05) is 36.4 Å². The van der Waals surface area contributed by atoms with Gasteiger partial charge in [-0.3, -0.25) is 9.69 Å². The van der Waals surface area contributed by atoms with Crippen LogP contribution < -0.4 is 10.1 Å². The molecule has 0 radical (unpaired) electrons. The number of rotatable bonds is 6. The van der Waals surface area contributed by atoms with Gasteiger partial charge in [-0.25, -0.2) is 0 Å². The Hall–Kier alpha value is -3.09. The highest BCUT2D eigenvalue weighted by Gasteiger charge is 2.18. The molecule has 1 fully saturated rings. The summed E-state index contributed by atoms with van der Waals surface area (Å²) >= 11 is 0. The van der Waals surface area contributed by atoms with Gasteiger partial charge >= 0.3 is 0 Å². The maximum atomic E-state index is 11.5. The lowest BCUT2D eigenvalue weighted by atomic mass is 9.96. The number of amides is 1. The van der Waals surface area contributed by atoms with E-state index in [1.54, 1.807) is 6.07 Å². The number of phenolic OH excluding ortho intramolecular Hbond substituents is 1. The average Bonchev–Trinajstić information content (AvgIpc) is 2.97. The highest BCUT2D eigenvalue weighted by atomic mass is 16.5. The number of ether oxygens (including phenoxy) is 1. The highest BCUT2D eigenvalue weighted by Crippen LogP contribution is 2.38. The van der Waals surface area contributed by atoms with E-state index in [1.165, 1.54) is 0 Å². The van der Waals surface area contributed by atoms with E-state index in [0.29, 0.717) is 31.8 Å². The Morgan fingerprint density at radius 1 is 1.13 bits per heavy atom. The second-order valence-corrected chi connectivity index (χ2v) is 8.03. The number of hydrogen-bond donors (Lipinski definition) is 3. The third-order valence-electron chi connectivity index (χ3n) is 5.68. The molecule has 1 aliphatic rings. The molecule has 3 aromatic rings. The van der Waals surface area contributed by atoms with Crippen LogP contribution in [0.25, 0.3) is 21.9 Å². The van der Waals surface area contributed by atoms with Crippen LogP contribution >= 0.6 is 0 Å². The van der Waals surface area contributed by atoms with E-state index in [4.69, 9.17) is 4.74 Å². The van der Waals surface area contributed by atoms with Crippen molar-refractivity contribution in [1.82, 2.24) is 10.2 Å². The van der Waals surface area contributed by atoms with Gasteiger partial charge in [0.15, 0.2) is 0 Å². The van der Waals surface area contributed by atoms with Crippen molar-refractivity contribution >= 4 is 16.7 Å². The van der Waals surface area contributed by atoms with Crippen LogP contribution in [-0.2, 0) is 4.79 Å². The van der Waals surface area contributed by atoms with Crippen LogP contribution in [-0.4, -0.2) is 59.9 Å². The number of carbonyl (C=O) groups excluding carboxylic acids is 1. The summed E-state index contributed by atoms with van der Waals surface area (Å²) in [6.07, 6.45) is -0.225. The molecule has 6 heteroatoms. The largest absolute Gasteiger partial charge is 0.508 e. The lowest BCUT2D eigenvalue weighted by Gasteiger charge is -2.23. The van der Waals surface area contributed by atoms with Gasteiger partial charge in [0.2, 0.25) is 5.91 Å². The first-order valence-electron chi connectivity index (χ1n) is 10.6. The normalized spacial score (nSPS) is 16.0. The second kappa shape index (κ2) is 9.37. The molecule has 3 N–H and O–H groups in total. The number of aryl methyl sites for hydroxylation is 1. The van der Waals surface area contributed by atoms with Gasteiger partial charge in [-0.15, -0.1) is 0 Å². The van der Waals surface area contributed by atoms with E-state index >= 15 is 0 Å². The standard InChI is InChI=1S/C25H28N2O4/c1-17-14-19(6-8-22(17)29)25-21-5-3-2-4-18(21)7-9-23(25)31-16-20(28)15-27-12-10-24(30)26-11-13-27/h2-9,14,20,28-29H,10-13,15-16H2,1H3,(H,26,30). The molecular weight excluding hydrogens is 392 g/mol. The summed E-state index contributed by atoms with van der Waals surface area (Å²) in [6, 6.07) is 17.6. The Balaban J connectivity index is 1.56. The number of nitrogens with one attached hydrogen (secondary N) is 1. The van der Waals surface area contributed by atoms with Crippen LogP contribution in [0.15, 0.2) is 54.6 Å². The number of aliphatic hydroxyl groups is 1. The number of hydrogen-bond acceptors (Lipinski definition) is 5. The van der Waals surface area contributed by atoms with E-state index in [0.717, 1.165) is 34.0 Å². The van der Waals surface area contributed by atoms with Crippen LogP contribution in [0.3, 0.4) is 0 Å². The molecule has 1 unspecified atom stereocenters. The van der Waals surface area contributed by atoms with Gasteiger partial charge in [0.1, 0.15) is 24.2 Å². The minimum atomic E-state index is -0.672. The van der Waals surface area contributed by atoms with Gasteiger partial charge in [0.05, 0.1) is 0 Å². The molecule has 0 spiro atoms. The Labute approximate surface area is 182 Å². The summed E-state index contributed by atoms with van der Waals surface area (Å²) in [7, 11) is 0. The van der Waals surface area contributed by atoms with Gasteiger partial charge in [0, 0.05) is 38.2 Å². The number of aliphatic hydroxyl groups excluding tert-OH is 1. The molecule has 3 aromatic carbocycles. The molecule has 1 amide bonds. The zero-order valence-electron chi connectivity index (χ0n) is 17.7. The summed E-state index contributed by atoms with van der Waals surface area (Å²) in [5, 5.41) is 25.5. The van der Waals surface area contributed by atoms with Gasteiger partial charge < -0.3 is 20.3 Å². The molecule has 6 nitrogen and oxygen atoms in total. The second-order valence-electron chi connectivity index (χ2n) is 8.03. The molecule has 1 saturated heterocycles. The lowest BCUT2D eigenvalue weighted by molar-refractivity contribution is -0.120. The van der Waals surface area contributed by atoms with Crippen molar-refractivity contribution in [2.45, 2.75) is 19.4 Å². The average molecular weight is 421 g/mol. The molecule has 0 aliphatic carbocycles. The van der Waals surface area contributed by atoms with Crippen molar-refractivity contribution in [1.29, 1.82) is 0 Å². The van der Waals surface area contributed by atoms with E-state index < -0.39 is 6.10 Å². The Morgan fingerprint density at radius 3 is 2.81 bits per heavy atom. The van der Waals surface area contributed by atoms with E-state index in [-0.39, 0.29) is 18.3 Å². The molecule has 31 heavy (non-hydrogen) atoms. The predicted octanol–water partition coefficient (Wildman–Crippen LogP) is 3.08. The van der Waals surface area contributed by atoms with Crippen LogP contribution in [0.2, 0.25) is 0 Å². The van der Waals surface area contributed by atoms with Crippen molar-refractivity contribution < 1.29 is 19.7 Å². The molecule has 1 atom stereocenters. The molecule has 0 bridgehead atoms. The maximum absolute atomic E-state index is 11.5. The van der Waals surface area contributed by atoms with E-state index in [1.807, 2.05) is 43.3 Å². The molecule has 1 heterocycles. The maximum Gasteiger partial charge on any atom is 0.221 e. The minimum absolute atomic E-state index is 0.0539. The SMILES string of the molecule is Cc1cc(-c2c(OCC(O)CN3CCNC(=O)CC3)ccc3ccccc23)ccc1O. The van der Waals surface area contributed by atoms with Gasteiger partial charge in [-0.05, 0) is 47.0 Å². The third kappa shape index (κ3) is 4.98. The van der Waals surface area contributed by atoms with Crippen molar-refractivity contribution in [3.8, 4) is 22.6 Å². The fourth-order valence-corrected chi connectivity index (χ4v) is 4.01. The van der Waals surface area contributed by atoms with Crippen molar-refractivity contribution in [3.05, 3.63) is 60.2 Å². The molecule has 0 saturated carbocycles. The summed E-state index contributed by atoms with van der Waals surface area (Å²) in [5.74, 6) is 1.00. The predicted molar refractivity (Wildman–Crippen MR) is 121 cm³/mol. The summed E-state index contributed by atoms with van der Waals surface area (Å²) in [6.45, 7) is 4.43. The quantitative estimate of drug-likeness (QED) is 0.571. The smallest absolute Gasteiger partial charge is 0.221 e. The number of fused-ring (bicyclic) bond motifs is 1. The Kier molecular flexibility index (Phi) is 6.39. The van der Waals surface area contributed by atoms with Gasteiger partial charge in [-0.2, -0.15) is 0 Å². The van der Waals surface area contributed by atoms with Gasteiger partial charge in [0.25, 0.3) is 0 Å². The van der Waals surface area contributed by atoms with Crippen LogP contribution in [0.5, 0.6) is 11.5 Å². The number of phenols is 1. The first kappa shape index (κ1) is 21.2. The molecular formula is C25H28N2O4. The molecule has 1 aliphatic heterocycles. The van der Waals surface area contributed by atoms with Crippen molar-refractivity contribution in [2.75, 3.05) is 32.8 Å². The monoisotopic (exact) mass is 420 g/mol. The fraction of sp³-hybridized carbons (Fsp3) is 0.320. The topological polar surface area (TPSA) is 82.0 Å². The summed E-state index contributed by atoms with van der Waals surface area (Å²) in [4.78, 5) is 13.6. The number of carbonyl (C=O) groups is 1. The van der Waals surface area contributed by atoms with Crippen molar-refractivity contribution in [2.24, 2.45) is 0 Å². The first-order chi connectivity index (χ1) is 15.0. The highest BCUT2D eigenvalue weighted by molar-refractivity contribution is 5.99. The molecule has 162 valence electrons. The number of benzene rings is 3. The summed E-state index contributed by atoms with van der Waals surface area (Å²) in [5.41, 5.74) is 2.69. The first-order valence-corrected chi connectivity index (χ1v) is 10.6. The van der Waals surface area contributed by atoms with Crippen LogP contribution in [0.4, 0.5) is 0 Å². The zero-order chi connectivity index (χ0) is 21.8.